The van der Waals surface area contributed by atoms with Gasteiger partial charge in [0.1, 0.15) is 0 Å². The van der Waals surface area contributed by atoms with Gasteiger partial charge >= 0.3 is 0 Å². The van der Waals surface area contributed by atoms with Gasteiger partial charge in [-0.1, -0.05) is 45.2 Å². The van der Waals surface area contributed by atoms with Gasteiger partial charge in [0.05, 0.1) is 0 Å². The van der Waals surface area contributed by atoms with E-state index in [0.717, 1.165) is 0 Å². The van der Waals surface area contributed by atoms with Crippen molar-refractivity contribution in [2.45, 2.75) is 52.5 Å². The molecular formula is C10H22Si. The Morgan fingerprint density at radius 3 is 2.00 bits per heavy atom. The van der Waals surface area contributed by atoms with Gasteiger partial charge in [-0.05, 0) is 12.8 Å². The summed E-state index contributed by atoms with van der Waals surface area (Å²) in [6.07, 6.45) is 5.34. The van der Waals surface area contributed by atoms with Crippen molar-refractivity contribution in [3.8, 4) is 0 Å². The maximum atomic E-state index is 2.58. The smallest absolute Gasteiger partial charge is 0.0450 e. The fraction of sp³-hybridized carbons (Fsp3) is 0.800. The average Bonchev–Trinajstić information content (AvgIpc) is 2.01. The van der Waals surface area contributed by atoms with Crippen molar-refractivity contribution < 1.29 is 0 Å². The molecule has 0 N–H and O–H groups in total. The Balaban J connectivity index is 3.66. The number of allylic oxidation sites excluding steroid dienone is 1. The molecule has 0 saturated heterocycles. The second-order valence-electron chi connectivity index (χ2n) is 3.15. The van der Waals surface area contributed by atoms with Gasteiger partial charge in [-0.25, -0.2) is 0 Å². The fourth-order valence-electron chi connectivity index (χ4n) is 1.32. The third kappa shape index (κ3) is 6.36. The summed E-state index contributed by atoms with van der Waals surface area (Å²) in [6.45, 7) is 6.85. The van der Waals surface area contributed by atoms with E-state index in [1.165, 1.54) is 31.7 Å². The summed E-state index contributed by atoms with van der Waals surface area (Å²) >= 11 is 0. The summed E-state index contributed by atoms with van der Waals surface area (Å²) in [5.74, 6) is 0. The Hall–Kier alpha value is -0.0431. The van der Waals surface area contributed by atoms with Crippen LogP contribution in [0.4, 0.5) is 0 Å². The average molecular weight is 170 g/mol. The molecule has 11 heavy (non-hydrogen) atoms. The van der Waals surface area contributed by atoms with Crippen LogP contribution < -0.4 is 0 Å². The van der Waals surface area contributed by atoms with Gasteiger partial charge in [0, 0.05) is 9.52 Å². The van der Waals surface area contributed by atoms with Gasteiger partial charge < -0.3 is 0 Å². The standard InChI is InChI=1S/C10H22Si/c1-4-7-10(8-5-2)9-11-6-3/h9H,4-8,11H2,1-3H3. The van der Waals surface area contributed by atoms with Crippen molar-refractivity contribution >= 4 is 9.52 Å². The summed E-state index contributed by atoms with van der Waals surface area (Å²) in [6, 6.07) is 1.43. The Kier molecular flexibility index (Phi) is 8.03. The number of rotatable bonds is 6. The van der Waals surface area contributed by atoms with Crippen molar-refractivity contribution in [1.29, 1.82) is 0 Å². The van der Waals surface area contributed by atoms with Gasteiger partial charge in [0.25, 0.3) is 0 Å². The van der Waals surface area contributed by atoms with Gasteiger partial charge in [0.15, 0.2) is 0 Å². The van der Waals surface area contributed by atoms with Crippen LogP contribution in [0.25, 0.3) is 0 Å². The Labute approximate surface area is 73.9 Å². The van der Waals surface area contributed by atoms with Gasteiger partial charge in [-0.15, -0.1) is 5.70 Å². The highest BCUT2D eigenvalue weighted by Crippen LogP contribution is 2.11. The van der Waals surface area contributed by atoms with Crippen LogP contribution >= 0.6 is 0 Å². The van der Waals surface area contributed by atoms with E-state index in [1.54, 1.807) is 5.57 Å². The van der Waals surface area contributed by atoms with E-state index in [9.17, 15) is 0 Å². The van der Waals surface area contributed by atoms with Crippen LogP contribution in [0.2, 0.25) is 6.04 Å². The molecule has 0 saturated carbocycles. The summed E-state index contributed by atoms with van der Waals surface area (Å²) in [7, 11) is 0.172. The zero-order valence-electron chi connectivity index (χ0n) is 8.32. The predicted octanol–water partition coefficient (Wildman–Crippen LogP) is 3.08. The lowest BCUT2D eigenvalue weighted by atomic mass is 10.1. The molecule has 0 aliphatic carbocycles. The normalized spacial score (nSPS) is 10.8. The fourth-order valence-corrected chi connectivity index (χ4v) is 2.42. The topological polar surface area (TPSA) is 0 Å². The molecular weight excluding hydrogens is 148 g/mol. The van der Waals surface area contributed by atoms with Crippen molar-refractivity contribution in [2.24, 2.45) is 0 Å². The van der Waals surface area contributed by atoms with E-state index in [1.807, 2.05) is 0 Å². The van der Waals surface area contributed by atoms with E-state index in [2.05, 4.69) is 26.5 Å². The first kappa shape index (κ1) is 11.0. The minimum atomic E-state index is 0.172. The first-order chi connectivity index (χ1) is 5.35. The first-order valence-electron chi connectivity index (χ1n) is 5.03. The molecule has 66 valence electrons. The lowest BCUT2D eigenvalue weighted by molar-refractivity contribution is 0.805. The SMILES string of the molecule is CCCC(=C[SiH2]CC)CCC. The molecule has 0 aromatic heterocycles. The van der Waals surface area contributed by atoms with Crippen molar-refractivity contribution in [1.82, 2.24) is 0 Å². The highest BCUT2D eigenvalue weighted by atomic mass is 28.2. The molecule has 0 rings (SSSR count). The van der Waals surface area contributed by atoms with E-state index in [4.69, 9.17) is 0 Å². The van der Waals surface area contributed by atoms with Crippen molar-refractivity contribution in [3.05, 3.63) is 11.3 Å². The molecule has 0 aromatic rings. The molecule has 0 heterocycles. The molecule has 0 radical (unpaired) electrons. The molecule has 0 amide bonds. The molecule has 1 heteroatoms. The lowest BCUT2D eigenvalue weighted by Gasteiger charge is -2.02. The van der Waals surface area contributed by atoms with E-state index < -0.39 is 0 Å². The Bertz CT molecular complexity index is 97.4. The summed E-state index contributed by atoms with van der Waals surface area (Å²) < 4.78 is 0. The highest BCUT2D eigenvalue weighted by Gasteiger charge is 1.92. The van der Waals surface area contributed by atoms with Crippen LogP contribution in [-0.4, -0.2) is 9.52 Å². The molecule has 0 unspecified atom stereocenters. The molecule has 0 atom stereocenters. The maximum Gasteiger partial charge on any atom is 0.0450 e. The quantitative estimate of drug-likeness (QED) is 0.537. The first-order valence-corrected chi connectivity index (χ1v) is 6.84. The Morgan fingerprint density at radius 2 is 1.64 bits per heavy atom. The molecule has 0 bridgehead atoms. The minimum Gasteiger partial charge on any atom is -0.102 e. The van der Waals surface area contributed by atoms with Crippen molar-refractivity contribution in [2.75, 3.05) is 0 Å². The summed E-state index contributed by atoms with van der Waals surface area (Å²) in [5.41, 5.74) is 4.32. The summed E-state index contributed by atoms with van der Waals surface area (Å²) in [4.78, 5) is 0. The predicted molar refractivity (Wildman–Crippen MR) is 56.9 cm³/mol. The third-order valence-electron chi connectivity index (χ3n) is 1.86. The van der Waals surface area contributed by atoms with Crippen LogP contribution in [0, 0.1) is 0 Å². The second-order valence-corrected chi connectivity index (χ2v) is 5.14. The van der Waals surface area contributed by atoms with Crippen LogP contribution in [-0.2, 0) is 0 Å². The van der Waals surface area contributed by atoms with Crippen molar-refractivity contribution in [3.63, 3.8) is 0 Å². The summed E-state index contributed by atoms with van der Waals surface area (Å²) in [5, 5.41) is 0. The molecule has 0 aromatic carbocycles. The van der Waals surface area contributed by atoms with Gasteiger partial charge in [-0.3, -0.25) is 0 Å². The minimum absolute atomic E-state index is 0.172. The molecule has 0 spiro atoms. The Morgan fingerprint density at radius 1 is 1.09 bits per heavy atom. The van der Waals surface area contributed by atoms with Crippen LogP contribution in [0.15, 0.2) is 11.3 Å². The molecule has 0 aliphatic heterocycles. The molecule has 0 aliphatic rings. The largest absolute Gasteiger partial charge is 0.102 e. The van der Waals surface area contributed by atoms with Crippen LogP contribution in [0.3, 0.4) is 0 Å². The van der Waals surface area contributed by atoms with Gasteiger partial charge in [-0.2, -0.15) is 0 Å². The highest BCUT2D eigenvalue weighted by molar-refractivity contribution is 6.42. The third-order valence-corrected chi connectivity index (χ3v) is 3.31. The van der Waals surface area contributed by atoms with E-state index >= 15 is 0 Å². The number of hydrogen-bond donors (Lipinski definition) is 0. The number of hydrogen-bond acceptors (Lipinski definition) is 0. The van der Waals surface area contributed by atoms with Crippen LogP contribution in [0.5, 0.6) is 0 Å². The van der Waals surface area contributed by atoms with Crippen LogP contribution in [0.1, 0.15) is 46.5 Å². The molecule has 0 fully saturated rings. The lowest BCUT2D eigenvalue weighted by Crippen LogP contribution is -1.88. The van der Waals surface area contributed by atoms with E-state index in [0.29, 0.717) is 0 Å². The van der Waals surface area contributed by atoms with E-state index in [-0.39, 0.29) is 9.52 Å². The maximum absolute atomic E-state index is 2.58. The zero-order chi connectivity index (χ0) is 8.53. The monoisotopic (exact) mass is 170 g/mol. The second kappa shape index (κ2) is 8.06. The zero-order valence-corrected chi connectivity index (χ0v) is 9.73. The molecule has 0 nitrogen and oxygen atoms in total. The van der Waals surface area contributed by atoms with Gasteiger partial charge in [0.2, 0.25) is 0 Å².